The summed E-state index contributed by atoms with van der Waals surface area (Å²) in [5.41, 5.74) is 0. The van der Waals surface area contributed by atoms with Crippen LogP contribution in [0, 0.1) is 5.92 Å². The molecular formula is C9H18O6S. The molecule has 6 nitrogen and oxygen atoms in total. The summed E-state index contributed by atoms with van der Waals surface area (Å²) >= 11 is 0. The average molecular weight is 254 g/mol. The van der Waals surface area contributed by atoms with E-state index in [9.17, 15) is 13.2 Å². The molecular weight excluding hydrogens is 236 g/mol. The Hall–Kier alpha value is -0.660. The minimum atomic E-state index is -3.89. The number of hydrogen-bond donors (Lipinski definition) is 3. The molecule has 0 spiro atoms. The lowest BCUT2D eigenvalue weighted by Gasteiger charge is -2.10. The predicted octanol–water partition coefficient (Wildman–Crippen LogP) is 0.518. The third-order valence-corrected chi connectivity index (χ3v) is 3.04. The maximum atomic E-state index is 10.4. The van der Waals surface area contributed by atoms with Crippen LogP contribution in [0.1, 0.15) is 32.1 Å². The van der Waals surface area contributed by atoms with Gasteiger partial charge in [0.25, 0.3) is 10.1 Å². The summed E-state index contributed by atoms with van der Waals surface area (Å²) in [5.74, 6) is -1.49. The smallest absolute Gasteiger partial charge is 0.303 e. The Kier molecular flexibility index (Phi) is 7.27. The number of carbonyl (C=O) groups is 1. The maximum Gasteiger partial charge on any atom is 0.303 e. The number of aliphatic hydroxyl groups excluding tert-OH is 1. The molecule has 96 valence electrons. The van der Waals surface area contributed by atoms with Crippen LogP contribution >= 0.6 is 0 Å². The van der Waals surface area contributed by atoms with Crippen molar-refractivity contribution < 1.29 is 28.0 Å². The zero-order chi connectivity index (χ0) is 12.6. The van der Waals surface area contributed by atoms with Gasteiger partial charge in [-0.1, -0.05) is 12.8 Å². The van der Waals surface area contributed by atoms with Crippen molar-refractivity contribution in [3.05, 3.63) is 0 Å². The molecule has 0 bridgehead atoms. The molecule has 0 saturated heterocycles. The Morgan fingerprint density at radius 1 is 1.19 bits per heavy atom. The fraction of sp³-hybridized carbons (Fsp3) is 0.889. The fourth-order valence-corrected chi connectivity index (χ4v) is 1.97. The molecule has 0 fully saturated rings. The van der Waals surface area contributed by atoms with Crippen LogP contribution in [0.2, 0.25) is 0 Å². The normalized spacial score (nSPS) is 13.6. The highest BCUT2D eigenvalue weighted by Gasteiger charge is 2.12. The minimum Gasteiger partial charge on any atom is -0.481 e. The van der Waals surface area contributed by atoms with Gasteiger partial charge in [0.15, 0.2) is 0 Å². The average Bonchev–Trinajstić information content (AvgIpc) is 2.13. The van der Waals surface area contributed by atoms with Gasteiger partial charge >= 0.3 is 5.97 Å². The van der Waals surface area contributed by atoms with Crippen molar-refractivity contribution in [1.29, 1.82) is 0 Å². The lowest BCUT2D eigenvalue weighted by Crippen LogP contribution is -2.12. The monoisotopic (exact) mass is 254 g/mol. The summed E-state index contributed by atoms with van der Waals surface area (Å²) in [6.07, 6.45) is 2.07. The second kappa shape index (κ2) is 7.59. The molecule has 0 aliphatic rings. The largest absolute Gasteiger partial charge is 0.481 e. The summed E-state index contributed by atoms with van der Waals surface area (Å²) in [6.45, 7) is -0.176. The topological polar surface area (TPSA) is 112 Å². The fourth-order valence-electron chi connectivity index (χ4n) is 1.40. The van der Waals surface area contributed by atoms with E-state index in [-0.39, 0.29) is 24.7 Å². The summed E-state index contributed by atoms with van der Waals surface area (Å²) < 4.78 is 29.2. The molecule has 1 unspecified atom stereocenters. The highest BCUT2D eigenvalue weighted by atomic mass is 32.2. The van der Waals surface area contributed by atoms with E-state index in [4.69, 9.17) is 14.8 Å². The van der Waals surface area contributed by atoms with Crippen LogP contribution in [-0.2, 0) is 14.9 Å². The standard InChI is InChI=1S/C9H18O6S/c10-7-8(6-9(11)12)4-2-1-3-5-16(13,14)15/h8,10H,1-7H2,(H,11,12)(H,13,14,15). The molecule has 0 aliphatic heterocycles. The van der Waals surface area contributed by atoms with Gasteiger partial charge in [-0.05, 0) is 18.8 Å². The number of unbranched alkanes of at least 4 members (excludes halogenated alkanes) is 2. The molecule has 0 aromatic carbocycles. The van der Waals surface area contributed by atoms with Crippen LogP contribution in [0.25, 0.3) is 0 Å². The van der Waals surface area contributed by atoms with Crippen molar-refractivity contribution in [2.75, 3.05) is 12.4 Å². The lowest BCUT2D eigenvalue weighted by molar-refractivity contribution is -0.138. The SMILES string of the molecule is O=C(O)CC(CO)CCCCCS(=O)(=O)O. The third kappa shape index (κ3) is 9.88. The summed E-state index contributed by atoms with van der Waals surface area (Å²) in [6, 6.07) is 0. The molecule has 0 rings (SSSR count). The van der Waals surface area contributed by atoms with Gasteiger partial charge in [0.05, 0.1) is 12.2 Å². The number of aliphatic hydroxyl groups is 1. The van der Waals surface area contributed by atoms with E-state index in [1.165, 1.54) is 0 Å². The Morgan fingerprint density at radius 3 is 2.25 bits per heavy atom. The molecule has 0 aliphatic carbocycles. The molecule has 1 atom stereocenters. The molecule has 0 aromatic heterocycles. The van der Waals surface area contributed by atoms with Gasteiger partial charge in [-0.15, -0.1) is 0 Å². The first-order valence-corrected chi connectivity index (χ1v) is 6.74. The zero-order valence-electron chi connectivity index (χ0n) is 9.00. The van der Waals surface area contributed by atoms with E-state index >= 15 is 0 Å². The molecule has 0 aromatic rings. The van der Waals surface area contributed by atoms with Crippen molar-refractivity contribution in [2.45, 2.75) is 32.1 Å². The van der Waals surface area contributed by atoms with Gasteiger partial charge in [0.1, 0.15) is 0 Å². The van der Waals surface area contributed by atoms with Gasteiger partial charge in [0, 0.05) is 6.61 Å². The Labute approximate surface area is 95.0 Å². The van der Waals surface area contributed by atoms with Crippen molar-refractivity contribution in [3.8, 4) is 0 Å². The molecule has 3 N–H and O–H groups in total. The van der Waals surface area contributed by atoms with Crippen LogP contribution < -0.4 is 0 Å². The Bertz CT molecular complexity index is 297. The molecule has 0 amide bonds. The minimum absolute atomic E-state index is 0.0746. The molecule has 0 radical (unpaired) electrons. The van der Waals surface area contributed by atoms with Crippen molar-refractivity contribution in [1.82, 2.24) is 0 Å². The van der Waals surface area contributed by atoms with Gasteiger partial charge < -0.3 is 10.2 Å². The predicted molar refractivity (Wildman–Crippen MR) is 57.7 cm³/mol. The Balaban J connectivity index is 3.60. The summed E-state index contributed by atoms with van der Waals surface area (Å²) in [5, 5.41) is 17.4. The first-order valence-electron chi connectivity index (χ1n) is 5.13. The van der Waals surface area contributed by atoms with E-state index in [0.29, 0.717) is 25.7 Å². The number of hydrogen-bond acceptors (Lipinski definition) is 4. The van der Waals surface area contributed by atoms with Gasteiger partial charge in [-0.2, -0.15) is 8.42 Å². The lowest BCUT2D eigenvalue weighted by atomic mass is 9.99. The second-order valence-corrected chi connectivity index (χ2v) is 5.35. The molecule has 0 saturated carbocycles. The quantitative estimate of drug-likeness (QED) is 0.408. The van der Waals surface area contributed by atoms with Crippen molar-refractivity contribution in [2.24, 2.45) is 5.92 Å². The van der Waals surface area contributed by atoms with Gasteiger partial charge in [-0.3, -0.25) is 9.35 Å². The molecule has 0 heterocycles. The highest BCUT2D eigenvalue weighted by Crippen LogP contribution is 2.13. The van der Waals surface area contributed by atoms with E-state index in [0.717, 1.165) is 0 Å². The molecule has 7 heteroatoms. The molecule has 16 heavy (non-hydrogen) atoms. The summed E-state index contributed by atoms with van der Waals surface area (Å²) in [4.78, 5) is 10.4. The van der Waals surface area contributed by atoms with E-state index < -0.39 is 16.1 Å². The first-order chi connectivity index (χ1) is 7.35. The zero-order valence-corrected chi connectivity index (χ0v) is 9.82. The van der Waals surface area contributed by atoms with E-state index in [1.54, 1.807) is 0 Å². The highest BCUT2D eigenvalue weighted by molar-refractivity contribution is 7.85. The van der Waals surface area contributed by atoms with Crippen molar-refractivity contribution >= 4 is 16.1 Å². The second-order valence-electron chi connectivity index (χ2n) is 3.78. The van der Waals surface area contributed by atoms with E-state index in [2.05, 4.69) is 0 Å². The summed E-state index contributed by atoms with van der Waals surface area (Å²) in [7, 11) is -3.89. The number of rotatable bonds is 9. The van der Waals surface area contributed by atoms with Crippen molar-refractivity contribution in [3.63, 3.8) is 0 Å². The maximum absolute atomic E-state index is 10.4. The number of carboxylic acid groups (broad SMARTS) is 1. The number of aliphatic carboxylic acids is 1. The van der Waals surface area contributed by atoms with Gasteiger partial charge in [-0.25, -0.2) is 0 Å². The first kappa shape index (κ1) is 15.3. The van der Waals surface area contributed by atoms with Gasteiger partial charge in [0.2, 0.25) is 0 Å². The third-order valence-electron chi connectivity index (χ3n) is 2.24. The number of carboxylic acids is 1. The Morgan fingerprint density at radius 2 is 1.81 bits per heavy atom. The van der Waals surface area contributed by atoms with Crippen LogP contribution in [-0.4, -0.2) is 41.5 Å². The van der Waals surface area contributed by atoms with Crippen LogP contribution in [0.5, 0.6) is 0 Å². The van der Waals surface area contributed by atoms with E-state index in [1.807, 2.05) is 0 Å². The van der Waals surface area contributed by atoms with Crippen LogP contribution in [0.3, 0.4) is 0 Å². The van der Waals surface area contributed by atoms with Crippen LogP contribution in [0.15, 0.2) is 0 Å². The van der Waals surface area contributed by atoms with Crippen LogP contribution in [0.4, 0.5) is 0 Å².